The van der Waals surface area contributed by atoms with Crippen molar-refractivity contribution in [1.82, 2.24) is 9.80 Å². The monoisotopic (exact) mass is 425 g/mol. The lowest BCUT2D eigenvalue weighted by Gasteiger charge is -2.33. The fraction of sp³-hybridized carbons (Fsp3) is 0.333. The van der Waals surface area contributed by atoms with Gasteiger partial charge >= 0.3 is 0 Å². The number of hydrogen-bond acceptors (Lipinski definition) is 4. The topological polar surface area (TPSA) is 61.9 Å². The Balaban J connectivity index is 1.47. The Morgan fingerprint density at radius 3 is 2.55 bits per heavy atom. The molecule has 1 aliphatic rings. The second-order valence-electron chi connectivity index (χ2n) is 7.39. The van der Waals surface area contributed by atoms with Crippen molar-refractivity contribution >= 4 is 23.6 Å². The van der Waals surface area contributed by atoms with E-state index in [1.54, 1.807) is 17.0 Å². The van der Waals surface area contributed by atoms with Gasteiger partial charge in [-0.1, -0.05) is 31.2 Å². The van der Waals surface area contributed by atoms with E-state index in [4.69, 9.17) is 4.74 Å². The molecule has 2 aromatic carbocycles. The van der Waals surface area contributed by atoms with Crippen molar-refractivity contribution in [3.8, 4) is 5.75 Å². The average Bonchev–Trinajstić information content (AvgIpc) is 2.78. The van der Waals surface area contributed by atoms with E-state index >= 15 is 0 Å². The second kappa shape index (κ2) is 10.7. The summed E-state index contributed by atoms with van der Waals surface area (Å²) in [5.41, 5.74) is 2.55. The summed E-state index contributed by atoms with van der Waals surface area (Å²) in [5, 5.41) is 2.98. The Bertz CT molecular complexity index is 953. The molecule has 0 aromatic heterocycles. The smallest absolute Gasteiger partial charge is 0.246 e. The summed E-state index contributed by atoms with van der Waals surface area (Å²) in [7, 11) is 1.41. The first-order valence-corrected chi connectivity index (χ1v) is 10.4. The van der Waals surface area contributed by atoms with Crippen LogP contribution in [0.25, 0.3) is 6.08 Å². The van der Waals surface area contributed by atoms with Gasteiger partial charge in [0.25, 0.3) is 0 Å². The highest BCUT2D eigenvalue weighted by Crippen LogP contribution is 2.19. The first-order chi connectivity index (χ1) is 15.0. The molecule has 0 aliphatic carbocycles. The Kier molecular flexibility index (Phi) is 7.78. The predicted molar refractivity (Wildman–Crippen MR) is 119 cm³/mol. The van der Waals surface area contributed by atoms with Gasteiger partial charge in [0, 0.05) is 37.9 Å². The van der Waals surface area contributed by atoms with Gasteiger partial charge in [0.15, 0.2) is 11.6 Å². The van der Waals surface area contributed by atoms with Gasteiger partial charge < -0.3 is 15.0 Å². The van der Waals surface area contributed by atoms with Gasteiger partial charge in [-0.3, -0.25) is 14.5 Å². The van der Waals surface area contributed by atoms with Crippen molar-refractivity contribution in [2.75, 3.05) is 45.2 Å². The lowest BCUT2D eigenvalue weighted by molar-refractivity contribution is -0.127. The Hall–Kier alpha value is -3.19. The van der Waals surface area contributed by atoms with E-state index in [1.165, 1.54) is 25.3 Å². The van der Waals surface area contributed by atoms with E-state index in [2.05, 4.69) is 12.2 Å². The van der Waals surface area contributed by atoms with Crippen molar-refractivity contribution in [1.29, 1.82) is 0 Å². The zero-order valence-corrected chi connectivity index (χ0v) is 17.9. The zero-order valence-electron chi connectivity index (χ0n) is 17.9. The van der Waals surface area contributed by atoms with Crippen LogP contribution in [0.15, 0.2) is 48.5 Å². The van der Waals surface area contributed by atoms with Crippen LogP contribution in [-0.2, 0) is 16.0 Å². The number of halogens is 1. The van der Waals surface area contributed by atoms with Crippen molar-refractivity contribution < 1.29 is 18.7 Å². The number of rotatable bonds is 7. The molecule has 3 rings (SSSR count). The van der Waals surface area contributed by atoms with E-state index in [9.17, 15) is 14.0 Å². The highest BCUT2D eigenvalue weighted by molar-refractivity contribution is 5.93. The van der Waals surface area contributed by atoms with Gasteiger partial charge in [-0.05, 0) is 41.8 Å². The molecular formula is C24H28FN3O3. The summed E-state index contributed by atoms with van der Waals surface area (Å²) >= 11 is 0. The lowest BCUT2D eigenvalue weighted by Crippen LogP contribution is -2.50. The molecule has 164 valence electrons. The van der Waals surface area contributed by atoms with Crippen LogP contribution < -0.4 is 10.1 Å². The predicted octanol–water partition coefficient (Wildman–Crippen LogP) is 3.19. The normalized spacial score (nSPS) is 14.6. The summed E-state index contributed by atoms with van der Waals surface area (Å²) in [6, 6.07) is 12.3. The van der Waals surface area contributed by atoms with Gasteiger partial charge in [-0.2, -0.15) is 0 Å². The average molecular weight is 426 g/mol. The third-order valence-corrected chi connectivity index (χ3v) is 5.32. The fourth-order valence-corrected chi connectivity index (χ4v) is 3.53. The number of aryl methyl sites for hydroxylation is 1. The Morgan fingerprint density at radius 2 is 1.87 bits per heavy atom. The number of nitrogens with one attached hydrogen (secondary N) is 1. The van der Waals surface area contributed by atoms with Crippen molar-refractivity contribution in [2.45, 2.75) is 13.3 Å². The number of carbonyl (C=O) groups excluding carboxylic acids is 2. The summed E-state index contributed by atoms with van der Waals surface area (Å²) in [4.78, 5) is 28.6. The third-order valence-electron chi connectivity index (χ3n) is 5.32. The summed E-state index contributed by atoms with van der Waals surface area (Å²) in [5.74, 6) is -0.480. The number of piperazine rings is 1. The molecule has 0 spiro atoms. The SMILES string of the molecule is CCc1ccccc1NC(=O)CN1CCN(C(=O)/C=C/c2ccc(OC)c(F)c2)CC1. The number of methoxy groups -OCH3 is 1. The molecule has 31 heavy (non-hydrogen) atoms. The minimum Gasteiger partial charge on any atom is -0.494 e. The molecule has 0 bridgehead atoms. The number of anilines is 1. The van der Waals surface area contributed by atoms with Crippen LogP contribution in [0.1, 0.15) is 18.1 Å². The van der Waals surface area contributed by atoms with Crippen LogP contribution in [-0.4, -0.2) is 61.4 Å². The van der Waals surface area contributed by atoms with Crippen LogP contribution >= 0.6 is 0 Å². The molecule has 0 unspecified atom stereocenters. The maximum atomic E-state index is 13.8. The maximum absolute atomic E-state index is 13.8. The molecule has 1 saturated heterocycles. The lowest BCUT2D eigenvalue weighted by atomic mass is 10.1. The van der Waals surface area contributed by atoms with Gasteiger partial charge in [-0.25, -0.2) is 4.39 Å². The van der Waals surface area contributed by atoms with E-state index in [0.29, 0.717) is 38.3 Å². The molecule has 2 aromatic rings. The number of para-hydroxylation sites is 1. The van der Waals surface area contributed by atoms with Crippen LogP contribution in [0.5, 0.6) is 5.75 Å². The van der Waals surface area contributed by atoms with Gasteiger partial charge in [0.05, 0.1) is 13.7 Å². The molecule has 1 N–H and O–H groups in total. The number of amides is 2. The Morgan fingerprint density at radius 1 is 1.13 bits per heavy atom. The molecule has 0 radical (unpaired) electrons. The second-order valence-corrected chi connectivity index (χ2v) is 7.39. The largest absolute Gasteiger partial charge is 0.494 e. The molecule has 6 nitrogen and oxygen atoms in total. The van der Waals surface area contributed by atoms with Crippen LogP contribution in [0.4, 0.5) is 10.1 Å². The van der Waals surface area contributed by atoms with E-state index in [1.807, 2.05) is 29.2 Å². The summed E-state index contributed by atoms with van der Waals surface area (Å²) < 4.78 is 18.7. The number of ether oxygens (including phenoxy) is 1. The molecule has 2 amide bonds. The summed E-state index contributed by atoms with van der Waals surface area (Å²) in [6.45, 7) is 4.68. The molecule has 1 fully saturated rings. The zero-order chi connectivity index (χ0) is 22.2. The van der Waals surface area contributed by atoms with Crippen molar-refractivity contribution in [2.24, 2.45) is 0 Å². The highest BCUT2D eigenvalue weighted by Gasteiger charge is 2.21. The van der Waals surface area contributed by atoms with E-state index in [-0.39, 0.29) is 17.6 Å². The van der Waals surface area contributed by atoms with Crippen LogP contribution in [0.2, 0.25) is 0 Å². The molecule has 0 atom stereocenters. The number of hydrogen-bond donors (Lipinski definition) is 1. The molecule has 1 aliphatic heterocycles. The number of carbonyl (C=O) groups is 2. The molecule has 7 heteroatoms. The maximum Gasteiger partial charge on any atom is 0.246 e. The van der Waals surface area contributed by atoms with E-state index < -0.39 is 5.82 Å². The quantitative estimate of drug-likeness (QED) is 0.692. The van der Waals surface area contributed by atoms with Gasteiger partial charge in [0.2, 0.25) is 11.8 Å². The summed E-state index contributed by atoms with van der Waals surface area (Å²) in [6.07, 6.45) is 3.90. The van der Waals surface area contributed by atoms with Crippen molar-refractivity contribution in [3.05, 3.63) is 65.5 Å². The highest BCUT2D eigenvalue weighted by atomic mass is 19.1. The first kappa shape index (κ1) is 22.5. The van der Waals surface area contributed by atoms with Gasteiger partial charge in [-0.15, -0.1) is 0 Å². The van der Waals surface area contributed by atoms with Crippen LogP contribution in [0.3, 0.4) is 0 Å². The van der Waals surface area contributed by atoms with Crippen molar-refractivity contribution in [3.63, 3.8) is 0 Å². The molecular weight excluding hydrogens is 397 g/mol. The third kappa shape index (κ3) is 6.15. The van der Waals surface area contributed by atoms with Crippen LogP contribution in [0, 0.1) is 5.82 Å². The minimum absolute atomic E-state index is 0.0536. The first-order valence-electron chi connectivity index (χ1n) is 10.4. The molecule has 1 heterocycles. The Labute approximate surface area is 182 Å². The van der Waals surface area contributed by atoms with Gasteiger partial charge in [0.1, 0.15) is 0 Å². The fourth-order valence-electron chi connectivity index (χ4n) is 3.53. The standard InChI is InChI=1S/C24H28FN3O3/c1-3-19-6-4-5-7-21(19)26-23(29)17-27-12-14-28(15-13-27)24(30)11-9-18-8-10-22(31-2)20(25)16-18/h4-11,16H,3,12-15,17H2,1-2H3,(H,26,29)/b11-9+. The minimum atomic E-state index is -0.467. The van der Waals surface area contributed by atoms with E-state index in [0.717, 1.165) is 17.7 Å². The number of nitrogens with zero attached hydrogens (tertiary/aromatic N) is 2. The molecule has 0 saturated carbocycles. The number of benzene rings is 2.